The lowest BCUT2D eigenvalue weighted by Crippen LogP contribution is -2.47. The molecule has 4 heteroatoms. The van der Waals surface area contributed by atoms with E-state index < -0.39 is 0 Å². The summed E-state index contributed by atoms with van der Waals surface area (Å²) in [6.07, 6.45) is 9.80. The zero-order chi connectivity index (χ0) is 17.5. The SMILES string of the molecule is CC(=O)Nc1ccc(CNC2CCCN(CC3CCCCC3)C2)cc1. The van der Waals surface area contributed by atoms with Crippen LogP contribution >= 0.6 is 0 Å². The molecule has 0 bridgehead atoms. The molecule has 1 saturated heterocycles. The van der Waals surface area contributed by atoms with Gasteiger partial charge in [0.05, 0.1) is 0 Å². The predicted octanol–water partition coefficient (Wildman–Crippen LogP) is 3.78. The van der Waals surface area contributed by atoms with E-state index in [1.807, 2.05) is 12.1 Å². The Kier molecular flexibility index (Phi) is 6.88. The second-order valence-corrected chi connectivity index (χ2v) is 7.86. The maximum Gasteiger partial charge on any atom is 0.221 e. The van der Waals surface area contributed by atoms with Crippen molar-refractivity contribution in [2.45, 2.75) is 64.5 Å². The summed E-state index contributed by atoms with van der Waals surface area (Å²) in [5.74, 6) is 0.917. The number of hydrogen-bond donors (Lipinski definition) is 2. The van der Waals surface area contributed by atoms with Gasteiger partial charge in [-0.25, -0.2) is 0 Å². The van der Waals surface area contributed by atoms with E-state index in [4.69, 9.17) is 0 Å². The minimum Gasteiger partial charge on any atom is -0.326 e. The van der Waals surface area contributed by atoms with Gasteiger partial charge in [0.25, 0.3) is 0 Å². The van der Waals surface area contributed by atoms with E-state index in [9.17, 15) is 4.79 Å². The van der Waals surface area contributed by atoms with Crippen LogP contribution in [0.3, 0.4) is 0 Å². The number of anilines is 1. The Labute approximate surface area is 152 Å². The van der Waals surface area contributed by atoms with Crippen LogP contribution in [0, 0.1) is 5.92 Å². The van der Waals surface area contributed by atoms with Crippen molar-refractivity contribution in [3.8, 4) is 0 Å². The number of carbonyl (C=O) groups excluding carboxylic acids is 1. The van der Waals surface area contributed by atoms with Crippen LogP contribution in [-0.4, -0.2) is 36.5 Å². The highest BCUT2D eigenvalue weighted by Crippen LogP contribution is 2.25. The van der Waals surface area contributed by atoms with Crippen molar-refractivity contribution >= 4 is 11.6 Å². The van der Waals surface area contributed by atoms with E-state index in [0.717, 1.165) is 18.2 Å². The monoisotopic (exact) mass is 343 g/mol. The highest BCUT2D eigenvalue weighted by Gasteiger charge is 2.23. The smallest absolute Gasteiger partial charge is 0.221 e. The molecule has 2 N–H and O–H groups in total. The van der Waals surface area contributed by atoms with Gasteiger partial charge < -0.3 is 15.5 Å². The summed E-state index contributed by atoms with van der Waals surface area (Å²) in [5.41, 5.74) is 2.14. The lowest BCUT2D eigenvalue weighted by Gasteiger charge is -2.36. The summed E-state index contributed by atoms with van der Waals surface area (Å²) in [5, 5.41) is 6.55. The highest BCUT2D eigenvalue weighted by atomic mass is 16.1. The summed E-state index contributed by atoms with van der Waals surface area (Å²) >= 11 is 0. The molecule has 138 valence electrons. The summed E-state index contributed by atoms with van der Waals surface area (Å²) in [7, 11) is 0. The molecule has 1 aromatic rings. The fourth-order valence-electron chi connectivity index (χ4n) is 4.29. The molecule has 3 rings (SSSR count). The third-order valence-corrected chi connectivity index (χ3v) is 5.62. The van der Waals surface area contributed by atoms with Crippen molar-refractivity contribution in [3.63, 3.8) is 0 Å². The molecule has 0 spiro atoms. The van der Waals surface area contributed by atoms with E-state index in [-0.39, 0.29) is 5.91 Å². The molecule has 1 aliphatic heterocycles. The van der Waals surface area contributed by atoms with Crippen molar-refractivity contribution in [2.24, 2.45) is 5.92 Å². The van der Waals surface area contributed by atoms with Crippen LogP contribution < -0.4 is 10.6 Å². The van der Waals surface area contributed by atoms with Gasteiger partial charge >= 0.3 is 0 Å². The van der Waals surface area contributed by atoms with Crippen molar-refractivity contribution < 1.29 is 4.79 Å². The van der Waals surface area contributed by atoms with Gasteiger partial charge in [0, 0.05) is 38.3 Å². The molecule has 0 aromatic heterocycles. The number of amides is 1. The first-order valence-electron chi connectivity index (χ1n) is 10.0. The third-order valence-electron chi connectivity index (χ3n) is 5.62. The number of hydrogen-bond acceptors (Lipinski definition) is 3. The molecule has 0 radical (unpaired) electrons. The van der Waals surface area contributed by atoms with Gasteiger partial charge in [-0.1, -0.05) is 31.4 Å². The molecule has 1 unspecified atom stereocenters. The Morgan fingerprint density at radius 3 is 2.56 bits per heavy atom. The number of likely N-dealkylation sites (tertiary alicyclic amines) is 1. The van der Waals surface area contributed by atoms with Crippen molar-refractivity contribution in [2.75, 3.05) is 25.0 Å². The predicted molar refractivity (Wildman–Crippen MR) is 104 cm³/mol. The number of carbonyl (C=O) groups is 1. The van der Waals surface area contributed by atoms with E-state index in [1.54, 1.807) is 0 Å². The molecule has 1 amide bonds. The summed E-state index contributed by atoms with van der Waals surface area (Å²) in [6, 6.07) is 8.76. The molecule has 1 saturated carbocycles. The molecule has 2 fully saturated rings. The van der Waals surface area contributed by atoms with Crippen LogP contribution in [0.15, 0.2) is 24.3 Å². The van der Waals surface area contributed by atoms with Crippen LogP contribution in [0.4, 0.5) is 5.69 Å². The van der Waals surface area contributed by atoms with Crippen LogP contribution in [0.25, 0.3) is 0 Å². The molecule has 1 aliphatic carbocycles. The van der Waals surface area contributed by atoms with Crippen molar-refractivity contribution in [3.05, 3.63) is 29.8 Å². The molecule has 1 aromatic carbocycles. The van der Waals surface area contributed by atoms with E-state index in [1.165, 1.54) is 77.1 Å². The van der Waals surface area contributed by atoms with Gasteiger partial charge in [-0.05, 0) is 55.8 Å². The van der Waals surface area contributed by atoms with E-state index in [0.29, 0.717) is 6.04 Å². The number of piperidine rings is 1. The lowest BCUT2D eigenvalue weighted by molar-refractivity contribution is -0.114. The summed E-state index contributed by atoms with van der Waals surface area (Å²) in [4.78, 5) is 13.8. The Bertz CT molecular complexity index is 537. The number of benzene rings is 1. The third kappa shape index (κ3) is 6.12. The van der Waals surface area contributed by atoms with Gasteiger partial charge in [-0.2, -0.15) is 0 Å². The van der Waals surface area contributed by atoms with Crippen LogP contribution in [-0.2, 0) is 11.3 Å². The first kappa shape index (κ1) is 18.4. The quantitative estimate of drug-likeness (QED) is 0.826. The highest BCUT2D eigenvalue weighted by molar-refractivity contribution is 5.88. The number of rotatable bonds is 6. The van der Waals surface area contributed by atoms with Crippen LogP contribution in [0.1, 0.15) is 57.4 Å². The van der Waals surface area contributed by atoms with E-state index >= 15 is 0 Å². The molecule has 4 nitrogen and oxygen atoms in total. The molecular weight excluding hydrogens is 310 g/mol. The molecule has 25 heavy (non-hydrogen) atoms. The molecular formula is C21H33N3O. The minimum absolute atomic E-state index is 0.0221. The average molecular weight is 344 g/mol. The summed E-state index contributed by atoms with van der Waals surface area (Å²) < 4.78 is 0. The first-order chi connectivity index (χ1) is 12.2. The second-order valence-electron chi connectivity index (χ2n) is 7.86. The van der Waals surface area contributed by atoms with Gasteiger partial charge in [0.15, 0.2) is 0 Å². The topological polar surface area (TPSA) is 44.4 Å². The van der Waals surface area contributed by atoms with Gasteiger partial charge in [-0.15, -0.1) is 0 Å². The Balaban J connectivity index is 1.42. The zero-order valence-electron chi connectivity index (χ0n) is 15.6. The van der Waals surface area contributed by atoms with Gasteiger partial charge in [-0.3, -0.25) is 4.79 Å². The fourth-order valence-corrected chi connectivity index (χ4v) is 4.29. The largest absolute Gasteiger partial charge is 0.326 e. The standard InChI is InChI=1S/C21H33N3O/c1-17(25)23-20-11-9-18(10-12-20)14-22-21-8-5-13-24(16-21)15-19-6-3-2-4-7-19/h9-12,19,21-22H,2-8,13-16H2,1H3,(H,23,25). The normalized spacial score (nSPS) is 22.7. The van der Waals surface area contributed by atoms with Crippen LogP contribution in [0.2, 0.25) is 0 Å². The minimum atomic E-state index is -0.0221. The number of nitrogens with one attached hydrogen (secondary N) is 2. The molecule has 1 atom stereocenters. The summed E-state index contributed by atoms with van der Waals surface area (Å²) in [6.45, 7) is 6.23. The van der Waals surface area contributed by atoms with Crippen molar-refractivity contribution in [1.82, 2.24) is 10.2 Å². The Hall–Kier alpha value is -1.39. The molecule has 2 aliphatic rings. The fraction of sp³-hybridized carbons (Fsp3) is 0.667. The Morgan fingerprint density at radius 1 is 1.08 bits per heavy atom. The lowest BCUT2D eigenvalue weighted by atomic mass is 9.88. The van der Waals surface area contributed by atoms with Gasteiger partial charge in [0.1, 0.15) is 0 Å². The second kappa shape index (κ2) is 9.35. The number of nitrogens with zero attached hydrogens (tertiary/aromatic N) is 1. The average Bonchev–Trinajstić information content (AvgIpc) is 2.62. The Morgan fingerprint density at radius 2 is 1.84 bits per heavy atom. The maximum absolute atomic E-state index is 11.1. The zero-order valence-corrected chi connectivity index (χ0v) is 15.6. The maximum atomic E-state index is 11.1. The van der Waals surface area contributed by atoms with Crippen molar-refractivity contribution in [1.29, 1.82) is 0 Å². The van der Waals surface area contributed by atoms with Crippen LogP contribution in [0.5, 0.6) is 0 Å². The first-order valence-corrected chi connectivity index (χ1v) is 10.0. The van der Waals surface area contributed by atoms with E-state index in [2.05, 4.69) is 27.7 Å². The molecule has 1 heterocycles. The van der Waals surface area contributed by atoms with Gasteiger partial charge in [0.2, 0.25) is 5.91 Å².